The lowest BCUT2D eigenvalue weighted by Gasteiger charge is -2.21. The standard InChI is InChI=1S/C37H47F2N11O6/c1-3-21-19-22(48-32-33-47-20-27(50(33)18-17-43-32)24-12-13-28(56-2)31(39)30(24)38)10-11-23(21)34(53)44-15-6-16-45-36(55)26(8-5-14-46-37(41)42)49-35(54)25(40)7-4-9-29(51)52/h10-13,17-20,25-26H,3-9,14-16,40H2,1-2H3,(H,43,48)(H,44,53)(H,45,55)(H,49,54)(H,51,52)(H4,41,42,46)/t25-,26-/m0/s1. The van der Waals surface area contributed by atoms with Gasteiger partial charge in [-0.1, -0.05) is 6.92 Å². The van der Waals surface area contributed by atoms with Gasteiger partial charge in [-0.05, 0) is 74.4 Å². The Hall–Kier alpha value is -6.37. The molecule has 0 spiro atoms. The van der Waals surface area contributed by atoms with Crippen molar-refractivity contribution in [2.45, 2.75) is 64.0 Å². The zero-order valence-electron chi connectivity index (χ0n) is 31.1. The highest BCUT2D eigenvalue weighted by atomic mass is 19.2. The van der Waals surface area contributed by atoms with Gasteiger partial charge in [0.1, 0.15) is 6.04 Å². The van der Waals surface area contributed by atoms with Crippen molar-refractivity contribution < 1.29 is 37.8 Å². The number of rotatable bonds is 21. The van der Waals surface area contributed by atoms with Gasteiger partial charge < -0.3 is 47.9 Å². The zero-order valence-corrected chi connectivity index (χ0v) is 31.1. The highest BCUT2D eigenvalue weighted by Crippen LogP contribution is 2.31. The number of amides is 3. The van der Waals surface area contributed by atoms with Gasteiger partial charge in [-0.15, -0.1) is 0 Å². The summed E-state index contributed by atoms with van der Waals surface area (Å²) in [5.74, 6) is -4.62. The second kappa shape index (κ2) is 20.3. The van der Waals surface area contributed by atoms with Crippen LogP contribution in [0.15, 0.2) is 48.9 Å². The molecule has 0 unspecified atom stereocenters. The number of nitrogens with two attached hydrogens (primary N) is 2. The fraction of sp³-hybridized carbons (Fsp3) is 0.378. The number of hydrogen-bond acceptors (Lipinski definition) is 10. The van der Waals surface area contributed by atoms with Crippen molar-refractivity contribution >= 4 is 46.8 Å². The van der Waals surface area contributed by atoms with Gasteiger partial charge in [0, 0.05) is 55.3 Å². The van der Waals surface area contributed by atoms with Crippen LogP contribution in [0.2, 0.25) is 0 Å². The third-order valence-electron chi connectivity index (χ3n) is 8.76. The first-order valence-electron chi connectivity index (χ1n) is 18.0. The predicted octanol–water partition coefficient (Wildman–Crippen LogP) is 2.56. The van der Waals surface area contributed by atoms with E-state index in [2.05, 4.69) is 36.6 Å². The highest BCUT2D eigenvalue weighted by molar-refractivity contribution is 5.96. The van der Waals surface area contributed by atoms with Crippen molar-refractivity contribution in [1.82, 2.24) is 35.6 Å². The first-order valence-corrected chi connectivity index (χ1v) is 18.0. The van der Waals surface area contributed by atoms with E-state index in [1.165, 1.54) is 31.6 Å². The maximum atomic E-state index is 14.9. The molecule has 56 heavy (non-hydrogen) atoms. The summed E-state index contributed by atoms with van der Waals surface area (Å²) in [6.45, 7) is 2.64. The Labute approximate surface area is 321 Å². The Balaban J connectivity index is 1.32. The van der Waals surface area contributed by atoms with Gasteiger partial charge in [0.15, 0.2) is 29.0 Å². The van der Waals surface area contributed by atoms with E-state index in [0.29, 0.717) is 54.2 Å². The number of carbonyl (C=O) groups excluding carboxylic acids is 3. The number of aromatic nitrogens is 3. The van der Waals surface area contributed by atoms with E-state index in [0.717, 1.165) is 5.56 Å². The SMILES string of the molecule is CCc1cc(Nc2nccn3c(-c4ccc(OC)c(F)c4F)cnc23)ccc1C(=O)NCCCNC(=O)[C@H](CCCNC(=N)N)NC(=O)[C@@H](N)CCCC(=O)O. The van der Waals surface area contributed by atoms with Crippen molar-refractivity contribution in [3.8, 4) is 17.0 Å². The van der Waals surface area contributed by atoms with Crippen LogP contribution in [0, 0.1) is 17.0 Å². The van der Waals surface area contributed by atoms with Gasteiger partial charge in [0.05, 0.1) is 25.0 Å². The molecule has 300 valence electrons. The van der Waals surface area contributed by atoms with Crippen LogP contribution in [0.3, 0.4) is 0 Å². The number of nitrogens with one attached hydrogen (secondary N) is 6. The number of methoxy groups -OCH3 is 1. The quantitative estimate of drug-likeness (QED) is 0.0336. The second-order valence-electron chi connectivity index (χ2n) is 12.7. The summed E-state index contributed by atoms with van der Waals surface area (Å²) in [4.78, 5) is 58.4. The minimum atomic E-state index is -1.11. The van der Waals surface area contributed by atoms with E-state index in [1.807, 2.05) is 6.92 Å². The minimum absolute atomic E-state index is 0.00427. The fourth-order valence-electron chi connectivity index (χ4n) is 5.82. The molecule has 0 fully saturated rings. The molecule has 0 bridgehead atoms. The number of benzene rings is 2. The van der Waals surface area contributed by atoms with Gasteiger partial charge in [0.2, 0.25) is 17.6 Å². The lowest BCUT2D eigenvalue weighted by Crippen LogP contribution is -2.52. The van der Waals surface area contributed by atoms with Gasteiger partial charge in [-0.3, -0.25) is 29.0 Å². The molecule has 2 atom stereocenters. The first-order chi connectivity index (χ1) is 26.8. The summed E-state index contributed by atoms with van der Waals surface area (Å²) in [6, 6.07) is 6.01. The largest absolute Gasteiger partial charge is 0.494 e. The Morgan fingerprint density at radius 1 is 0.964 bits per heavy atom. The summed E-state index contributed by atoms with van der Waals surface area (Å²) in [6.07, 6.45) is 6.24. The second-order valence-corrected chi connectivity index (χ2v) is 12.7. The average Bonchev–Trinajstić information content (AvgIpc) is 3.61. The lowest BCUT2D eigenvalue weighted by molar-refractivity contribution is -0.137. The number of hydrogen-bond donors (Lipinski definition) is 9. The normalized spacial score (nSPS) is 12.0. The summed E-state index contributed by atoms with van der Waals surface area (Å²) in [5.41, 5.74) is 13.7. The molecule has 0 radical (unpaired) electrons. The molecule has 0 aliphatic rings. The number of carbonyl (C=O) groups is 4. The van der Waals surface area contributed by atoms with E-state index in [9.17, 15) is 28.0 Å². The van der Waals surface area contributed by atoms with Crippen LogP contribution < -0.4 is 42.8 Å². The molecule has 2 aromatic heterocycles. The van der Waals surface area contributed by atoms with Gasteiger partial charge >= 0.3 is 5.97 Å². The number of halogens is 2. The number of ether oxygens (including phenoxy) is 1. The monoisotopic (exact) mass is 779 g/mol. The minimum Gasteiger partial charge on any atom is -0.494 e. The Morgan fingerprint density at radius 2 is 1.71 bits per heavy atom. The van der Waals surface area contributed by atoms with Crippen molar-refractivity contribution in [1.29, 1.82) is 5.41 Å². The molecule has 0 saturated heterocycles. The fourth-order valence-corrected chi connectivity index (χ4v) is 5.82. The van der Waals surface area contributed by atoms with Crippen molar-refractivity contribution in [3.63, 3.8) is 0 Å². The van der Waals surface area contributed by atoms with Crippen LogP contribution in [-0.4, -0.2) is 88.0 Å². The topological polar surface area (TPSA) is 264 Å². The highest BCUT2D eigenvalue weighted by Gasteiger charge is 2.24. The molecule has 0 saturated carbocycles. The van der Waals surface area contributed by atoms with E-state index in [-0.39, 0.29) is 62.0 Å². The summed E-state index contributed by atoms with van der Waals surface area (Å²) in [7, 11) is 1.25. The third kappa shape index (κ3) is 11.3. The third-order valence-corrected chi connectivity index (χ3v) is 8.76. The van der Waals surface area contributed by atoms with Gasteiger partial charge in [0.25, 0.3) is 5.91 Å². The van der Waals surface area contributed by atoms with Crippen molar-refractivity contribution in [2.75, 3.05) is 32.1 Å². The number of anilines is 2. The van der Waals surface area contributed by atoms with Crippen LogP contribution in [0.1, 0.15) is 61.4 Å². The summed E-state index contributed by atoms with van der Waals surface area (Å²) >= 11 is 0. The molecule has 17 nitrogen and oxygen atoms in total. The number of aliphatic carboxylic acids is 1. The van der Waals surface area contributed by atoms with Crippen LogP contribution in [-0.2, 0) is 20.8 Å². The predicted molar refractivity (Wildman–Crippen MR) is 204 cm³/mol. The Kier molecular flexibility index (Phi) is 15.4. The van der Waals surface area contributed by atoms with Gasteiger partial charge in [-0.25, -0.2) is 14.4 Å². The van der Waals surface area contributed by atoms with Gasteiger partial charge in [-0.2, -0.15) is 4.39 Å². The molecule has 3 amide bonds. The maximum absolute atomic E-state index is 14.9. The molecule has 2 aromatic carbocycles. The van der Waals surface area contributed by atoms with E-state index >= 15 is 0 Å². The number of aryl methyl sites for hydroxylation is 1. The van der Waals surface area contributed by atoms with E-state index in [1.54, 1.807) is 28.8 Å². The molecule has 0 aliphatic heterocycles. The molecule has 0 aliphatic carbocycles. The van der Waals surface area contributed by atoms with Crippen LogP contribution in [0.5, 0.6) is 5.75 Å². The molecule has 2 heterocycles. The van der Waals surface area contributed by atoms with Crippen LogP contribution in [0.4, 0.5) is 20.3 Å². The van der Waals surface area contributed by atoms with Crippen molar-refractivity contribution in [3.05, 3.63) is 71.7 Å². The molecular formula is C37H47F2N11O6. The number of guanidine groups is 1. The first kappa shape index (κ1) is 42.4. The number of imidazole rings is 1. The number of carboxylic acids is 1. The number of carboxylic acid groups (broad SMARTS) is 1. The Bertz CT molecular complexity index is 2040. The van der Waals surface area contributed by atoms with E-state index in [4.69, 9.17) is 26.7 Å². The molecular weight excluding hydrogens is 732 g/mol. The average molecular weight is 780 g/mol. The Morgan fingerprint density at radius 3 is 2.43 bits per heavy atom. The van der Waals surface area contributed by atoms with Crippen LogP contribution in [0.25, 0.3) is 16.9 Å². The molecule has 11 N–H and O–H groups in total. The summed E-state index contributed by atoms with van der Waals surface area (Å²) < 4.78 is 35.8. The molecule has 4 aromatic rings. The summed E-state index contributed by atoms with van der Waals surface area (Å²) in [5, 5.41) is 30.2. The zero-order chi connectivity index (χ0) is 40.8. The smallest absolute Gasteiger partial charge is 0.303 e. The lowest BCUT2D eigenvalue weighted by atomic mass is 10.0. The molecule has 19 heteroatoms. The number of fused-ring (bicyclic) bond motifs is 1. The van der Waals surface area contributed by atoms with E-state index < -0.39 is 41.5 Å². The number of nitrogens with zero attached hydrogens (tertiary/aromatic N) is 3. The van der Waals surface area contributed by atoms with Crippen LogP contribution >= 0.6 is 0 Å². The van der Waals surface area contributed by atoms with Crippen molar-refractivity contribution in [2.24, 2.45) is 11.5 Å². The maximum Gasteiger partial charge on any atom is 0.303 e. The molecule has 4 rings (SSSR count).